The molecule has 3 heterocycles. The third-order valence-corrected chi connectivity index (χ3v) is 7.49. The second kappa shape index (κ2) is 9.72. The smallest absolute Gasteiger partial charge is 0.253 e. The van der Waals surface area contributed by atoms with Crippen molar-refractivity contribution in [3.63, 3.8) is 0 Å². The highest BCUT2D eigenvalue weighted by molar-refractivity contribution is 6.11. The molecule has 0 bridgehead atoms. The van der Waals surface area contributed by atoms with Crippen molar-refractivity contribution in [2.75, 3.05) is 41.3 Å². The van der Waals surface area contributed by atoms with Crippen LogP contribution in [0.15, 0.2) is 36.4 Å². The first-order chi connectivity index (χ1) is 16.9. The summed E-state index contributed by atoms with van der Waals surface area (Å²) >= 11 is 0. The number of likely N-dealkylation sites (tertiary alicyclic amines) is 1. The molecule has 3 amide bonds. The third kappa shape index (κ3) is 4.64. The zero-order chi connectivity index (χ0) is 24.5. The van der Waals surface area contributed by atoms with Crippen LogP contribution >= 0.6 is 0 Å². The van der Waals surface area contributed by atoms with E-state index in [1.54, 1.807) is 4.90 Å². The van der Waals surface area contributed by atoms with Gasteiger partial charge in [0.05, 0.1) is 11.4 Å². The third-order valence-electron chi connectivity index (χ3n) is 7.49. The van der Waals surface area contributed by atoms with Gasteiger partial charge in [0, 0.05) is 30.9 Å². The topological polar surface area (TPSA) is 73.0 Å². The summed E-state index contributed by atoms with van der Waals surface area (Å²) in [6.07, 6.45) is 6.01. The van der Waals surface area contributed by atoms with Crippen molar-refractivity contribution in [3.8, 4) is 0 Å². The molecule has 1 N–H and O–H groups in total. The molecular formula is C28H34N4O3. The Kier molecular flexibility index (Phi) is 6.50. The first kappa shape index (κ1) is 23.4. The van der Waals surface area contributed by atoms with E-state index in [2.05, 4.69) is 10.2 Å². The fraction of sp³-hybridized carbons (Fsp3) is 0.464. The molecule has 35 heavy (non-hydrogen) atoms. The molecule has 0 saturated carbocycles. The summed E-state index contributed by atoms with van der Waals surface area (Å²) in [6.45, 7) is 6.21. The van der Waals surface area contributed by atoms with Crippen LogP contribution in [0.5, 0.6) is 0 Å². The van der Waals surface area contributed by atoms with Crippen molar-refractivity contribution in [3.05, 3.63) is 53.1 Å². The van der Waals surface area contributed by atoms with Gasteiger partial charge in [-0.2, -0.15) is 0 Å². The first-order valence-electron chi connectivity index (χ1n) is 12.8. The van der Waals surface area contributed by atoms with Crippen LogP contribution in [0, 0.1) is 13.8 Å². The van der Waals surface area contributed by atoms with Gasteiger partial charge in [-0.15, -0.1) is 0 Å². The number of rotatable bonds is 4. The number of hydrogen-bond donors (Lipinski definition) is 1. The highest BCUT2D eigenvalue weighted by atomic mass is 16.2. The summed E-state index contributed by atoms with van der Waals surface area (Å²) in [5.41, 5.74) is 4.96. The maximum atomic E-state index is 13.6. The van der Waals surface area contributed by atoms with Crippen LogP contribution in [0.4, 0.5) is 17.1 Å². The number of nitrogens with zero attached hydrogens (tertiary/aromatic N) is 3. The van der Waals surface area contributed by atoms with Gasteiger partial charge in [0.2, 0.25) is 11.8 Å². The summed E-state index contributed by atoms with van der Waals surface area (Å²) in [4.78, 5) is 45.6. The molecule has 2 saturated heterocycles. The van der Waals surface area contributed by atoms with Crippen LogP contribution in [0.25, 0.3) is 0 Å². The van der Waals surface area contributed by atoms with Gasteiger partial charge in [0.1, 0.15) is 12.6 Å². The van der Waals surface area contributed by atoms with Crippen LogP contribution in [0.3, 0.4) is 0 Å². The zero-order valence-electron chi connectivity index (χ0n) is 20.7. The number of aryl methyl sites for hydroxylation is 2. The van der Waals surface area contributed by atoms with Gasteiger partial charge in [-0.05, 0) is 87.8 Å². The fourth-order valence-corrected chi connectivity index (χ4v) is 5.54. The number of carbonyl (C=O) groups excluding carboxylic acids is 3. The van der Waals surface area contributed by atoms with E-state index in [9.17, 15) is 14.4 Å². The monoisotopic (exact) mass is 474 g/mol. The number of benzene rings is 2. The molecule has 1 unspecified atom stereocenters. The summed E-state index contributed by atoms with van der Waals surface area (Å²) in [6, 6.07) is 11.3. The highest BCUT2D eigenvalue weighted by Gasteiger charge is 2.40. The van der Waals surface area contributed by atoms with Gasteiger partial charge in [-0.3, -0.25) is 19.3 Å². The second-order valence-electron chi connectivity index (χ2n) is 10.1. The number of carbonyl (C=O) groups is 3. The minimum atomic E-state index is -0.256. The molecular weight excluding hydrogens is 440 g/mol. The van der Waals surface area contributed by atoms with E-state index >= 15 is 0 Å². The Morgan fingerprint density at radius 1 is 0.914 bits per heavy atom. The van der Waals surface area contributed by atoms with Crippen molar-refractivity contribution in [2.45, 2.75) is 58.4 Å². The molecule has 2 fully saturated rings. The molecule has 2 aromatic rings. The molecule has 2 aromatic carbocycles. The van der Waals surface area contributed by atoms with Gasteiger partial charge in [-0.25, -0.2) is 0 Å². The highest BCUT2D eigenvalue weighted by Crippen LogP contribution is 2.40. The molecule has 0 radical (unpaired) electrons. The van der Waals surface area contributed by atoms with Gasteiger partial charge in [0.15, 0.2) is 0 Å². The van der Waals surface area contributed by atoms with E-state index < -0.39 is 0 Å². The minimum Gasteiger partial charge on any atom is -0.358 e. The van der Waals surface area contributed by atoms with E-state index in [1.807, 2.05) is 55.1 Å². The molecule has 7 nitrogen and oxygen atoms in total. The Hall–Kier alpha value is -3.35. The van der Waals surface area contributed by atoms with E-state index in [0.717, 1.165) is 80.7 Å². The number of fused-ring (bicyclic) bond motifs is 3. The number of amides is 3. The Bertz CT molecular complexity index is 1150. The maximum Gasteiger partial charge on any atom is 0.253 e. The molecule has 0 aromatic heterocycles. The SMILES string of the molecule is Cc1ccc(C)c(NC(=O)CN2C(=O)C3CCCCN3c3ccc(C(=O)N4CCCCC4)cc32)c1. The van der Waals surface area contributed by atoms with E-state index in [4.69, 9.17) is 0 Å². The van der Waals surface area contributed by atoms with Gasteiger partial charge in [-0.1, -0.05) is 12.1 Å². The average molecular weight is 475 g/mol. The summed E-state index contributed by atoms with van der Waals surface area (Å²) in [5.74, 6) is -0.300. The molecule has 5 rings (SSSR count). The largest absolute Gasteiger partial charge is 0.358 e. The van der Waals surface area contributed by atoms with Crippen molar-refractivity contribution in [1.82, 2.24) is 4.90 Å². The number of piperidine rings is 2. The Morgan fingerprint density at radius 2 is 1.69 bits per heavy atom. The second-order valence-corrected chi connectivity index (χ2v) is 10.1. The predicted octanol–water partition coefficient (Wildman–Crippen LogP) is 4.27. The fourth-order valence-electron chi connectivity index (χ4n) is 5.54. The van der Waals surface area contributed by atoms with Crippen LogP contribution in [-0.2, 0) is 9.59 Å². The number of hydrogen-bond acceptors (Lipinski definition) is 4. The first-order valence-corrected chi connectivity index (χ1v) is 12.8. The normalized spacial score (nSPS) is 19.8. The van der Waals surface area contributed by atoms with Gasteiger partial charge in [0.25, 0.3) is 5.91 Å². The minimum absolute atomic E-state index is 0.000466. The van der Waals surface area contributed by atoms with Crippen LogP contribution in [-0.4, -0.2) is 54.8 Å². The average Bonchev–Trinajstić information content (AvgIpc) is 2.88. The van der Waals surface area contributed by atoms with Crippen molar-refractivity contribution >= 4 is 34.8 Å². The predicted molar refractivity (Wildman–Crippen MR) is 138 cm³/mol. The Morgan fingerprint density at radius 3 is 2.49 bits per heavy atom. The Labute approximate surface area is 207 Å². The van der Waals surface area contributed by atoms with Gasteiger partial charge >= 0.3 is 0 Å². The quantitative estimate of drug-likeness (QED) is 0.718. The molecule has 1 atom stereocenters. The number of nitrogens with one attached hydrogen (secondary N) is 1. The molecule has 0 aliphatic carbocycles. The number of anilines is 3. The lowest BCUT2D eigenvalue weighted by Gasteiger charge is -2.45. The van der Waals surface area contributed by atoms with Crippen molar-refractivity contribution in [1.29, 1.82) is 0 Å². The van der Waals surface area contributed by atoms with Gasteiger partial charge < -0.3 is 15.1 Å². The molecule has 184 valence electrons. The lowest BCUT2D eigenvalue weighted by atomic mass is 9.95. The van der Waals surface area contributed by atoms with Crippen molar-refractivity contribution < 1.29 is 14.4 Å². The van der Waals surface area contributed by atoms with Crippen LogP contribution in [0.2, 0.25) is 0 Å². The molecule has 0 spiro atoms. The van der Waals surface area contributed by atoms with E-state index in [-0.39, 0.29) is 30.3 Å². The molecule has 7 heteroatoms. The van der Waals surface area contributed by atoms with Crippen molar-refractivity contribution in [2.24, 2.45) is 0 Å². The van der Waals surface area contributed by atoms with E-state index in [1.165, 1.54) is 0 Å². The van der Waals surface area contributed by atoms with Crippen LogP contribution < -0.4 is 15.1 Å². The molecule has 3 aliphatic heterocycles. The maximum absolute atomic E-state index is 13.6. The summed E-state index contributed by atoms with van der Waals surface area (Å²) in [7, 11) is 0. The lowest BCUT2D eigenvalue weighted by molar-refractivity contribution is -0.123. The van der Waals surface area contributed by atoms with E-state index in [0.29, 0.717) is 11.3 Å². The zero-order valence-corrected chi connectivity index (χ0v) is 20.7. The lowest BCUT2D eigenvalue weighted by Crippen LogP contribution is -2.56. The van der Waals surface area contributed by atoms with Crippen LogP contribution in [0.1, 0.15) is 60.0 Å². The molecule has 3 aliphatic rings. The standard InChI is InChI=1S/C28H34N4O3/c1-19-9-10-20(2)22(16-19)29-26(33)18-32-25-17-21(27(34)30-13-5-3-6-14-30)11-12-23(25)31-15-7-4-8-24(31)28(32)35/h9-12,16-17,24H,3-8,13-15,18H2,1-2H3,(H,29,33). The Balaban J connectivity index is 1.45. The summed E-state index contributed by atoms with van der Waals surface area (Å²) < 4.78 is 0. The summed E-state index contributed by atoms with van der Waals surface area (Å²) in [5, 5.41) is 2.99.